The second-order valence-corrected chi connectivity index (χ2v) is 8.71. The van der Waals surface area contributed by atoms with Crippen LogP contribution in [-0.4, -0.2) is 58.5 Å². The van der Waals surface area contributed by atoms with E-state index < -0.39 is 5.60 Å². The van der Waals surface area contributed by atoms with Crippen molar-refractivity contribution in [3.05, 3.63) is 71.8 Å². The number of benzene rings is 3. The van der Waals surface area contributed by atoms with Gasteiger partial charge in [-0.05, 0) is 65.4 Å². The number of fused-ring (bicyclic) bond motifs is 1. The van der Waals surface area contributed by atoms with Crippen molar-refractivity contribution < 1.29 is 14.7 Å². The smallest absolute Gasteiger partial charge is 0.254 e. The van der Waals surface area contributed by atoms with E-state index in [0.717, 1.165) is 16.7 Å². The molecule has 31 heavy (non-hydrogen) atoms. The van der Waals surface area contributed by atoms with Gasteiger partial charge in [-0.3, -0.25) is 9.59 Å². The molecule has 158 valence electrons. The van der Waals surface area contributed by atoms with Crippen molar-refractivity contribution in [1.29, 1.82) is 0 Å². The van der Waals surface area contributed by atoms with Crippen LogP contribution in [0.1, 0.15) is 28.8 Å². The van der Waals surface area contributed by atoms with E-state index in [-0.39, 0.29) is 11.8 Å². The van der Waals surface area contributed by atoms with Gasteiger partial charge in [-0.15, -0.1) is 0 Å². The molecule has 2 fully saturated rings. The van der Waals surface area contributed by atoms with Crippen molar-refractivity contribution in [3.8, 4) is 11.1 Å². The second kappa shape index (κ2) is 7.50. The molecule has 3 aromatic rings. The van der Waals surface area contributed by atoms with Crippen LogP contribution < -0.4 is 0 Å². The summed E-state index contributed by atoms with van der Waals surface area (Å²) in [6.07, 6.45) is 1.10. The van der Waals surface area contributed by atoms with Crippen molar-refractivity contribution >= 4 is 22.6 Å². The molecular formula is C26H26N2O3. The number of nitrogens with zero attached hydrogens (tertiary/aromatic N) is 2. The first-order valence-corrected chi connectivity index (χ1v) is 10.9. The number of aliphatic hydroxyl groups is 1. The van der Waals surface area contributed by atoms with Gasteiger partial charge in [-0.2, -0.15) is 0 Å². The molecule has 0 unspecified atom stereocenters. The summed E-state index contributed by atoms with van der Waals surface area (Å²) in [7, 11) is 0. The number of hydrogen-bond acceptors (Lipinski definition) is 3. The number of aryl methyl sites for hydroxylation is 1. The number of piperazine rings is 1. The highest BCUT2D eigenvalue weighted by Gasteiger charge is 2.50. The molecule has 1 saturated carbocycles. The molecule has 2 aliphatic rings. The van der Waals surface area contributed by atoms with Gasteiger partial charge in [0.15, 0.2) is 0 Å². The Labute approximate surface area is 181 Å². The summed E-state index contributed by atoms with van der Waals surface area (Å²) in [5.74, 6) is -0.194. The van der Waals surface area contributed by atoms with Crippen molar-refractivity contribution in [2.75, 3.05) is 26.2 Å². The molecule has 1 heterocycles. The first-order chi connectivity index (χ1) is 14.9. The Balaban J connectivity index is 1.30. The third-order valence-corrected chi connectivity index (χ3v) is 6.51. The van der Waals surface area contributed by atoms with Crippen LogP contribution in [0.25, 0.3) is 21.9 Å². The number of carbonyl (C=O) groups excluding carboxylic acids is 2. The van der Waals surface area contributed by atoms with Crippen LogP contribution in [0.4, 0.5) is 0 Å². The van der Waals surface area contributed by atoms with E-state index in [4.69, 9.17) is 0 Å². The van der Waals surface area contributed by atoms with Gasteiger partial charge in [-0.1, -0.05) is 42.5 Å². The standard InChI is InChI=1S/C26H26N2O3/c1-18-16-22(8-9-23(18)21-7-6-19-4-2-3-5-20(19)17-21)24(29)27-12-14-28(15-13-27)25(30)26(31)10-11-26/h2-9,16-17,31H,10-15H2,1H3. The van der Waals surface area contributed by atoms with Crippen molar-refractivity contribution in [1.82, 2.24) is 9.80 Å². The minimum Gasteiger partial charge on any atom is -0.380 e. The van der Waals surface area contributed by atoms with E-state index in [1.165, 1.54) is 10.8 Å². The summed E-state index contributed by atoms with van der Waals surface area (Å²) >= 11 is 0. The quantitative estimate of drug-likeness (QED) is 0.712. The highest BCUT2D eigenvalue weighted by molar-refractivity contribution is 5.96. The number of hydrogen-bond donors (Lipinski definition) is 1. The zero-order valence-electron chi connectivity index (χ0n) is 17.7. The summed E-state index contributed by atoms with van der Waals surface area (Å²) in [5.41, 5.74) is 2.85. The molecule has 0 spiro atoms. The first-order valence-electron chi connectivity index (χ1n) is 10.9. The van der Waals surface area contributed by atoms with Crippen LogP contribution in [0.15, 0.2) is 60.7 Å². The minimum absolute atomic E-state index is 0.00889. The number of rotatable bonds is 3. The summed E-state index contributed by atoms with van der Waals surface area (Å²) in [4.78, 5) is 28.8. The van der Waals surface area contributed by atoms with Gasteiger partial charge in [-0.25, -0.2) is 0 Å². The Kier molecular flexibility index (Phi) is 4.78. The summed E-state index contributed by atoms with van der Waals surface area (Å²) < 4.78 is 0. The van der Waals surface area contributed by atoms with E-state index in [0.29, 0.717) is 44.6 Å². The Morgan fingerprint density at radius 2 is 1.52 bits per heavy atom. The number of carbonyl (C=O) groups is 2. The molecule has 3 aromatic carbocycles. The average Bonchev–Trinajstić information content (AvgIpc) is 3.56. The Morgan fingerprint density at radius 1 is 0.839 bits per heavy atom. The lowest BCUT2D eigenvalue weighted by molar-refractivity contribution is -0.143. The third-order valence-electron chi connectivity index (χ3n) is 6.51. The topological polar surface area (TPSA) is 60.9 Å². The van der Waals surface area contributed by atoms with Gasteiger partial charge in [0.25, 0.3) is 11.8 Å². The third kappa shape index (κ3) is 3.70. The molecule has 5 rings (SSSR count). The Hall–Kier alpha value is -3.18. The lowest BCUT2D eigenvalue weighted by Crippen LogP contribution is -2.53. The molecular weight excluding hydrogens is 388 g/mol. The summed E-state index contributed by atoms with van der Waals surface area (Å²) in [6.45, 7) is 3.97. The fraction of sp³-hybridized carbons (Fsp3) is 0.308. The van der Waals surface area contributed by atoms with Crippen LogP contribution in [0.5, 0.6) is 0 Å². The minimum atomic E-state index is -1.14. The van der Waals surface area contributed by atoms with Crippen LogP contribution >= 0.6 is 0 Å². The number of amides is 2. The van der Waals surface area contributed by atoms with Crippen molar-refractivity contribution in [2.24, 2.45) is 0 Å². The van der Waals surface area contributed by atoms with E-state index in [2.05, 4.69) is 30.3 Å². The van der Waals surface area contributed by atoms with Gasteiger partial charge in [0, 0.05) is 31.7 Å². The molecule has 0 aromatic heterocycles. The maximum atomic E-state index is 13.0. The molecule has 0 atom stereocenters. The van der Waals surface area contributed by atoms with Gasteiger partial charge < -0.3 is 14.9 Å². The lowest BCUT2D eigenvalue weighted by atomic mass is 9.96. The average molecular weight is 415 g/mol. The van der Waals surface area contributed by atoms with Crippen LogP contribution in [-0.2, 0) is 4.79 Å². The zero-order valence-corrected chi connectivity index (χ0v) is 17.7. The van der Waals surface area contributed by atoms with Gasteiger partial charge in [0.2, 0.25) is 0 Å². The normalized spacial score (nSPS) is 17.6. The predicted octanol–water partition coefficient (Wildman–Crippen LogP) is 3.62. The maximum absolute atomic E-state index is 13.0. The van der Waals surface area contributed by atoms with Crippen LogP contribution in [0.3, 0.4) is 0 Å². The largest absolute Gasteiger partial charge is 0.380 e. The summed E-state index contributed by atoms with van der Waals surface area (Å²) in [5, 5.41) is 12.4. The predicted molar refractivity (Wildman–Crippen MR) is 121 cm³/mol. The molecule has 5 heteroatoms. The molecule has 1 aliphatic carbocycles. The van der Waals surface area contributed by atoms with Gasteiger partial charge in [0.1, 0.15) is 5.60 Å². The SMILES string of the molecule is Cc1cc(C(=O)N2CCN(C(=O)C3(O)CC3)CC2)ccc1-c1ccc2ccccc2c1. The fourth-order valence-electron chi connectivity index (χ4n) is 4.40. The molecule has 5 nitrogen and oxygen atoms in total. The molecule has 0 radical (unpaired) electrons. The second-order valence-electron chi connectivity index (χ2n) is 8.71. The van der Waals surface area contributed by atoms with E-state index >= 15 is 0 Å². The lowest BCUT2D eigenvalue weighted by Gasteiger charge is -2.35. The summed E-state index contributed by atoms with van der Waals surface area (Å²) in [6, 6.07) is 20.6. The van der Waals surface area contributed by atoms with E-state index in [1.807, 2.05) is 37.3 Å². The maximum Gasteiger partial charge on any atom is 0.254 e. The first kappa shape index (κ1) is 19.8. The van der Waals surface area contributed by atoms with Gasteiger partial charge in [0.05, 0.1) is 0 Å². The van der Waals surface area contributed by atoms with Crippen molar-refractivity contribution in [3.63, 3.8) is 0 Å². The monoisotopic (exact) mass is 414 g/mol. The zero-order chi connectivity index (χ0) is 21.6. The van der Waals surface area contributed by atoms with E-state index in [1.54, 1.807) is 9.80 Å². The van der Waals surface area contributed by atoms with Crippen LogP contribution in [0.2, 0.25) is 0 Å². The Bertz CT molecular complexity index is 1170. The van der Waals surface area contributed by atoms with Gasteiger partial charge >= 0.3 is 0 Å². The highest BCUT2D eigenvalue weighted by Crippen LogP contribution is 2.37. The molecule has 1 saturated heterocycles. The van der Waals surface area contributed by atoms with Crippen molar-refractivity contribution in [2.45, 2.75) is 25.4 Å². The highest BCUT2D eigenvalue weighted by atomic mass is 16.3. The van der Waals surface area contributed by atoms with E-state index in [9.17, 15) is 14.7 Å². The fourth-order valence-corrected chi connectivity index (χ4v) is 4.40. The van der Waals surface area contributed by atoms with Crippen LogP contribution in [0, 0.1) is 6.92 Å². The molecule has 0 bridgehead atoms. The Morgan fingerprint density at radius 3 is 2.19 bits per heavy atom. The molecule has 1 aliphatic heterocycles. The molecule has 1 N–H and O–H groups in total. The molecule has 2 amide bonds.